The van der Waals surface area contributed by atoms with E-state index in [4.69, 9.17) is 5.73 Å². The maximum absolute atomic E-state index is 5.95. The molecule has 0 aromatic heterocycles. The van der Waals surface area contributed by atoms with E-state index in [1.165, 1.54) is 30.4 Å². The smallest absolute Gasteiger partial charge is 0.00430 e. The summed E-state index contributed by atoms with van der Waals surface area (Å²) in [6, 6.07) is 9.26. The van der Waals surface area contributed by atoms with Gasteiger partial charge in [0.2, 0.25) is 0 Å². The van der Waals surface area contributed by atoms with E-state index in [-0.39, 0.29) is 0 Å². The Kier molecular flexibility index (Phi) is 4.45. The molecule has 0 spiro atoms. The van der Waals surface area contributed by atoms with Gasteiger partial charge in [0.25, 0.3) is 0 Å². The van der Waals surface area contributed by atoms with Gasteiger partial charge in [-0.3, -0.25) is 0 Å². The van der Waals surface area contributed by atoms with Crippen molar-refractivity contribution in [2.45, 2.75) is 51.9 Å². The molecule has 0 saturated heterocycles. The Balaban J connectivity index is 2.17. The first-order chi connectivity index (χ1) is 8.61. The van der Waals surface area contributed by atoms with Gasteiger partial charge in [0.1, 0.15) is 0 Å². The highest BCUT2D eigenvalue weighted by molar-refractivity contribution is 5.28. The van der Waals surface area contributed by atoms with Crippen LogP contribution in [0.5, 0.6) is 0 Å². The molecule has 1 aliphatic carbocycles. The minimum Gasteiger partial charge on any atom is -0.330 e. The van der Waals surface area contributed by atoms with Crippen molar-refractivity contribution >= 4 is 0 Å². The zero-order valence-corrected chi connectivity index (χ0v) is 12.0. The summed E-state index contributed by atoms with van der Waals surface area (Å²) in [6.07, 6.45) is 3.96. The molecule has 0 amide bonds. The lowest BCUT2D eigenvalue weighted by Gasteiger charge is -2.34. The first kappa shape index (κ1) is 13.6. The summed E-state index contributed by atoms with van der Waals surface area (Å²) in [5.41, 5.74) is 8.89. The SMILES string of the molecule is CC1CCC(CN)C(c2ccc(C(C)C)cc2)C1. The van der Waals surface area contributed by atoms with E-state index in [0.29, 0.717) is 17.8 Å². The number of hydrogen-bond donors (Lipinski definition) is 1. The molecule has 0 radical (unpaired) electrons. The molecule has 0 heterocycles. The summed E-state index contributed by atoms with van der Waals surface area (Å²) < 4.78 is 0. The van der Waals surface area contributed by atoms with Crippen LogP contribution in [0.1, 0.15) is 63.0 Å². The lowest BCUT2D eigenvalue weighted by Crippen LogP contribution is -2.28. The summed E-state index contributed by atoms with van der Waals surface area (Å²) in [4.78, 5) is 0. The van der Waals surface area contributed by atoms with Crippen molar-refractivity contribution in [2.75, 3.05) is 6.54 Å². The molecule has 3 unspecified atom stereocenters. The van der Waals surface area contributed by atoms with Crippen molar-refractivity contribution in [1.82, 2.24) is 0 Å². The lowest BCUT2D eigenvalue weighted by molar-refractivity contribution is 0.253. The van der Waals surface area contributed by atoms with Crippen molar-refractivity contribution in [2.24, 2.45) is 17.6 Å². The molecule has 1 saturated carbocycles. The molecule has 1 nitrogen and oxygen atoms in total. The Morgan fingerprint density at radius 2 is 1.83 bits per heavy atom. The Labute approximate surface area is 112 Å². The molecule has 3 atom stereocenters. The molecular weight excluding hydrogens is 218 g/mol. The Hall–Kier alpha value is -0.820. The monoisotopic (exact) mass is 245 g/mol. The van der Waals surface area contributed by atoms with Crippen LogP contribution in [0.2, 0.25) is 0 Å². The molecule has 18 heavy (non-hydrogen) atoms. The van der Waals surface area contributed by atoms with Gasteiger partial charge in [-0.15, -0.1) is 0 Å². The van der Waals surface area contributed by atoms with E-state index < -0.39 is 0 Å². The van der Waals surface area contributed by atoms with Crippen molar-refractivity contribution in [3.05, 3.63) is 35.4 Å². The highest BCUT2D eigenvalue weighted by atomic mass is 14.6. The van der Waals surface area contributed by atoms with E-state index in [1.54, 1.807) is 0 Å². The van der Waals surface area contributed by atoms with Gasteiger partial charge >= 0.3 is 0 Å². The topological polar surface area (TPSA) is 26.0 Å². The number of hydrogen-bond acceptors (Lipinski definition) is 1. The van der Waals surface area contributed by atoms with Crippen LogP contribution >= 0.6 is 0 Å². The molecule has 0 aliphatic heterocycles. The molecule has 100 valence electrons. The van der Waals surface area contributed by atoms with Crippen LogP contribution in [0.4, 0.5) is 0 Å². The first-order valence-electron chi connectivity index (χ1n) is 7.41. The second kappa shape index (κ2) is 5.88. The Morgan fingerprint density at radius 3 is 2.39 bits per heavy atom. The number of benzene rings is 1. The average molecular weight is 245 g/mol. The fourth-order valence-electron chi connectivity index (χ4n) is 3.26. The van der Waals surface area contributed by atoms with Crippen molar-refractivity contribution in [3.8, 4) is 0 Å². The number of rotatable bonds is 3. The standard InChI is InChI=1S/C17H27N/c1-12(2)14-6-8-15(9-7-14)17-10-13(3)4-5-16(17)11-18/h6-9,12-13,16-17H,4-5,10-11,18H2,1-3H3. The minimum absolute atomic E-state index is 0.620. The highest BCUT2D eigenvalue weighted by Gasteiger charge is 2.28. The van der Waals surface area contributed by atoms with Crippen LogP contribution in [0.3, 0.4) is 0 Å². The van der Waals surface area contributed by atoms with Gasteiger partial charge in [0.15, 0.2) is 0 Å². The molecule has 1 fully saturated rings. The predicted molar refractivity (Wildman–Crippen MR) is 78.8 cm³/mol. The van der Waals surface area contributed by atoms with Crippen LogP contribution in [-0.2, 0) is 0 Å². The van der Waals surface area contributed by atoms with E-state index >= 15 is 0 Å². The van der Waals surface area contributed by atoms with Gasteiger partial charge in [-0.05, 0) is 54.2 Å². The van der Waals surface area contributed by atoms with Crippen LogP contribution in [0, 0.1) is 11.8 Å². The summed E-state index contributed by atoms with van der Waals surface area (Å²) in [5.74, 6) is 2.84. The molecular formula is C17H27N. The van der Waals surface area contributed by atoms with Gasteiger partial charge in [0.05, 0.1) is 0 Å². The minimum atomic E-state index is 0.620. The van der Waals surface area contributed by atoms with Crippen LogP contribution < -0.4 is 5.73 Å². The van der Waals surface area contributed by atoms with Crippen molar-refractivity contribution in [1.29, 1.82) is 0 Å². The molecule has 1 aromatic rings. The maximum Gasteiger partial charge on any atom is -0.00430 e. The van der Waals surface area contributed by atoms with Gasteiger partial charge in [0, 0.05) is 0 Å². The van der Waals surface area contributed by atoms with Crippen molar-refractivity contribution in [3.63, 3.8) is 0 Å². The van der Waals surface area contributed by atoms with E-state index in [0.717, 1.165) is 12.5 Å². The molecule has 2 N–H and O–H groups in total. The third kappa shape index (κ3) is 2.95. The highest BCUT2D eigenvalue weighted by Crippen LogP contribution is 2.40. The fourth-order valence-corrected chi connectivity index (χ4v) is 3.26. The van der Waals surface area contributed by atoms with Gasteiger partial charge in [-0.2, -0.15) is 0 Å². The Bertz CT molecular complexity index is 366. The van der Waals surface area contributed by atoms with Crippen molar-refractivity contribution < 1.29 is 0 Å². The molecule has 1 heteroatoms. The molecule has 1 aromatic carbocycles. The molecule has 2 rings (SSSR count). The van der Waals surface area contributed by atoms with Gasteiger partial charge in [-0.1, -0.05) is 51.5 Å². The van der Waals surface area contributed by atoms with E-state index in [9.17, 15) is 0 Å². The van der Waals surface area contributed by atoms with Gasteiger partial charge < -0.3 is 5.73 Å². The maximum atomic E-state index is 5.95. The lowest BCUT2D eigenvalue weighted by atomic mass is 9.71. The Morgan fingerprint density at radius 1 is 1.17 bits per heavy atom. The molecule has 1 aliphatic rings. The van der Waals surface area contributed by atoms with Crippen LogP contribution in [0.25, 0.3) is 0 Å². The van der Waals surface area contributed by atoms with Crippen LogP contribution in [-0.4, -0.2) is 6.54 Å². The zero-order valence-electron chi connectivity index (χ0n) is 12.0. The second-order valence-corrected chi connectivity index (χ2v) is 6.34. The third-order valence-electron chi connectivity index (χ3n) is 4.59. The zero-order chi connectivity index (χ0) is 13.1. The van der Waals surface area contributed by atoms with Gasteiger partial charge in [-0.25, -0.2) is 0 Å². The molecule has 0 bridgehead atoms. The van der Waals surface area contributed by atoms with E-state index in [2.05, 4.69) is 45.0 Å². The summed E-state index contributed by atoms with van der Waals surface area (Å²) in [5, 5.41) is 0. The average Bonchev–Trinajstić information content (AvgIpc) is 2.39. The third-order valence-corrected chi connectivity index (χ3v) is 4.59. The summed E-state index contributed by atoms with van der Waals surface area (Å²) in [7, 11) is 0. The largest absolute Gasteiger partial charge is 0.330 e. The predicted octanol–water partition coefficient (Wildman–Crippen LogP) is 4.29. The normalized spacial score (nSPS) is 28.6. The van der Waals surface area contributed by atoms with E-state index in [1.807, 2.05) is 0 Å². The summed E-state index contributed by atoms with van der Waals surface area (Å²) in [6.45, 7) is 7.71. The fraction of sp³-hybridized carbons (Fsp3) is 0.647. The number of nitrogens with two attached hydrogens (primary N) is 1. The first-order valence-corrected chi connectivity index (χ1v) is 7.41. The second-order valence-electron chi connectivity index (χ2n) is 6.34. The quantitative estimate of drug-likeness (QED) is 0.844. The summed E-state index contributed by atoms with van der Waals surface area (Å²) >= 11 is 0. The van der Waals surface area contributed by atoms with Crippen LogP contribution in [0.15, 0.2) is 24.3 Å².